The minimum absolute atomic E-state index is 0.0589. The Morgan fingerprint density at radius 1 is 1.38 bits per heavy atom. The molecule has 1 aromatic rings. The molecule has 0 atom stereocenters. The zero-order valence-electron chi connectivity index (χ0n) is 12.4. The number of rotatable bonds is 8. The van der Waals surface area contributed by atoms with Gasteiger partial charge in [0.1, 0.15) is 5.82 Å². The Labute approximate surface area is 124 Å². The maximum atomic E-state index is 11.1. The van der Waals surface area contributed by atoms with Crippen molar-refractivity contribution in [2.24, 2.45) is 11.3 Å². The monoisotopic (exact) mass is 290 g/mol. The molecule has 2 saturated carbocycles. The van der Waals surface area contributed by atoms with Gasteiger partial charge in [-0.1, -0.05) is 6.92 Å². The lowest BCUT2D eigenvalue weighted by molar-refractivity contribution is -0.384. The van der Waals surface area contributed by atoms with E-state index in [0.29, 0.717) is 17.1 Å². The van der Waals surface area contributed by atoms with Gasteiger partial charge in [-0.25, -0.2) is 4.98 Å². The molecule has 0 spiro atoms. The molecule has 2 N–H and O–H groups in total. The number of hydrogen-bond donors (Lipinski definition) is 2. The van der Waals surface area contributed by atoms with E-state index < -0.39 is 0 Å². The molecule has 6 heteroatoms. The maximum Gasteiger partial charge on any atom is 0.311 e. The van der Waals surface area contributed by atoms with E-state index in [-0.39, 0.29) is 10.6 Å². The Balaban J connectivity index is 1.72. The Kier molecular flexibility index (Phi) is 3.69. The SMILES string of the molecule is CCCNc1ccc([N+](=O)[O-])c(NCC2(C3CC3)CC2)n1. The second kappa shape index (κ2) is 5.50. The molecule has 6 nitrogen and oxygen atoms in total. The van der Waals surface area contributed by atoms with Gasteiger partial charge in [0.2, 0.25) is 5.82 Å². The highest BCUT2D eigenvalue weighted by molar-refractivity contribution is 5.60. The van der Waals surface area contributed by atoms with E-state index in [1.54, 1.807) is 6.07 Å². The Morgan fingerprint density at radius 3 is 2.71 bits per heavy atom. The van der Waals surface area contributed by atoms with Crippen molar-refractivity contribution in [3.8, 4) is 0 Å². The first-order valence-corrected chi connectivity index (χ1v) is 7.78. The zero-order chi connectivity index (χ0) is 14.9. The lowest BCUT2D eigenvalue weighted by Crippen LogP contribution is -2.19. The highest BCUT2D eigenvalue weighted by Gasteiger charge is 2.53. The van der Waals surface area contributed by atoms with Gasteiger partial charge in [-0.05, 0) is 49.5 Å². The van der Waals surface area contributed by atoms with Crippen molar-refractivity contribution in [3.63, 3.8) is 0 Å². The third kappa shape index (κ3) is 3.09. The van der Waals surface area contributed by atoms with Crippen molar-refractivity contribution in [3.05, 3.63) is 22.2 Å². The van der Waals surface area contributed by atoms with E-state index in [0.717, 1.165) is 25.4 Å². The second-order valence-corrected chi connectivity index (χ2v) is 6.24. The first-order valence-electron chi connectivity index (χ1n) is 7.78. The smallest absolute Gasteiger partial charge is 0.311 e. The molecule has 0 bridgehead atoms. The average Bonchev–Trinajstić information content (AvgIpc) is 3.35. The van der Waals surface area contributed by atoms with Crippen LogP contribution in [-0.2, 0) is 0 Å². The van der Waals surface area contributed by atoms with Gasteiger partial charge in [0, 0.05) is 19.2 Å². The van der Waals surface area contributed by atoms with E-state index in [2.05, 4.69) is 22.5 Å². The molecule has 114 valence electrons. The topological polar surface area (TPSA) is 80.1 Å². The quantitative estimate of drug-likeness (QED) is 0.566. The molecule has 0 unspecified atom stereocenters. The fourth-order valence-electron chi connectivity index (χ4n) is 2.93. The number of nitrogens with zero attached hydrogens (tertiary/aromatic N) is 2. The standard InChI is InChI=1S/C15H22N4O2/c1-2-9-16-13-6-5-12(19(20)21)14(18-13)17-10-15(7-8-15)11-3-4-11/h5-6,11H,2-4,7-10H2,1H3,(H2,16,17,18). The summed E-state index contributed by atoms with van der Waals surface area (Å²) in [5, 5.41) is 17.6. The van der Waals surface area contributed by atoms with E-state index in [9.17, 15) is 10.1 Å². The molecule has 2 aliphatic rings. The van der Waals surface area contributed by atoms with E-state index in [1.165, 1.54) is 31.7 Å². The van der Waals surface area contributed by atoms with Crippen molar-refractivity contribution in [1.82, 2.24) is 4.98 Å². The summed E-state index contributed by atoms with van der Waals surface area (Å²) in [5.41, 5.74) is 0.450. The molecule has 21 heavy (non-hydrogen) atoms. The predicted molar refractivity (Wildman–Crippen MR) is 82.6 cm³/mol. The highest BCUT2D eigenvalue weighted by atomic mass is 16.6. The number of pyridine rings is 1. The van der Waals surface area contributed by atoms with Crippen LogP contribution in [-0.4, -0.2) is 23.0 Å². The third-order valence-electron chi connectivity index (χ3n) is 4.57. The molecule has 2 aliphatic carbocycles. The lowest BCUT2D eigenvalue weighted by atomic mass is 10.0. The minimum Gasteiger partial charge on any atom is -0.370 e. The van der Waals surface area contributed by atoms with Gasteiger partial charge < -0.3 is 10.6 Å². The number of nitrogens with one attached hydrogen (secondary N) is 2. The summed E-state index contributed by atoms with van der Waals surface area (Å²) in [6.45, 7) is 3.70. The summed E-state index contributed by atoms with van der Waals surface area (Å²) < 4.78 is 0. The Bertz CT molecular complexity index is 538. The third-order valence-corrected chi connectivity index (χ3v) is 4.57. The molecule has 2 fully saturated rings. The van der Waals surface area contributed by atoms with Gasteiger partial charge in [-0.3, -0.25) is 10.1 Å². The molecule has 1 heterocycles. The van der Waals surface area contributed by atoms with Crippen LogP contribution >= 0.6 is 0 Å². The number of aromatic nitrogens is 1. The van der Waals surface area contributed by atoms with Crippen LogP contribution in [0.2, 0.25) is 0 Å². The summed E-state index contributed by atoms with van der Waals surface area (Å²) in [6.07, 6.45) is 6.11. The van der Waals surface area contributed by atoms with Gasteiger partial charge in [0.05, 0.1) is 4.92 Å². The predicted octanol–water partition coefficient (Wildman–Crippen LogP) is 3.41. The summed E-state index contributed by atoms with van der Waals surface area (Å²) in [4.78, 5) is 15.2. The van der Waals surface area contributed by atoms with E-state index in [1.807, 2.05) is 0 Å². The Hall–Kier alpha value is -1.85. The van der Waals surface area contributed by atoms with Crippen LogP contribution in [0.1, 0.15) is 39.0 Å². The number of anilines is 2. The van der Waals surface area contributed by atoms with E-state index in [4.69, 9.17) is 0 Å². The van der Waals surface area contributed by atoms with E-state index >= 15 is 0 Å². The molecule has 0 amide bonds. The molecular formula is C15H22N4O2. The molecule has 0 aromatic carbocycles. The summed E-state index contributed by atoms with van der Waals surface area (Å²) in [6, 6.07) is 3.21. The van der Waals surface area contributed by atoms with Gasteiger partial charge in [0.15, 0.2) is 0 Å². The van der Waals surface area contributed by atoms with Crippen molar-refractivity contribution < 1.29 is 4.92 Å². The average molecular weight is 290 g/mol. The number of hydrogen-bond acceptors (Lipinski definition) is 5. The van der Waals surface area contributed by atoms with Crippen LogP contribution < -0.4 is 10.6 Å². The van der Waals surface area contributed by atoms with Crippen molar-refractivity contribution in [2.45, 2.75) is 39.0 Å². The van der Waals surface area contributed by atoms with Crippen molar-refractivity contribution in [2.75, 3.05) is 23.7 Å². The lowest BCUT2D eigenvalue weighted by Gasteiger charge is -2.16. The molecular weight excluding hydrogens is 268 g/mol. The second-order valence-electron chi connectivity index (χ2n) is 6.24. The Morgan fingerprint density at radius 2 is 2.14 bits per heavy atom. The number of nitro groups is 1. The van der Waals surface area contributed by atoms with Crippen LogP contribution in [0.25, 0.3) is 0 Å². The van der Waals surface area contributed by atoms with Gasteiger partial charge >= 0.3 is 5.69 Å². The summed E-state index contributed by atoms with van der Waals surface area (Å²) in [7, 11) is 0. The molecule has 0 saturated heterocycles. The summed E-state index contributed by atoms with van der Waals surface area (Å²) in [5.74, 6) is 1.92. The first kappa shape index (κ1) is 14.1. The molecule has 0 radical (unpaired) electrons. The molecule has 3 rings (SSSR count). The van der Waals surface area contributed by atoms with Gasteiger partial charge in [0.25, 0.3) is 0 Å². The minimum atomic E-state index is -0.365. The van der Waals surface area contributed by atoms with Crippen LogP contribution in [0, 0.1) is 21.4 Å². The largest absolute Gasteiger partial charge is 0.370 e. The fraction of sp³-hybridized carbons (Fsp3) is 0.667. The van der Waals surface area contributed by atoms with Gasteiger partial charge in [-0.15, -0.1) is 0 Å². The van der Waals surface area contributed by atoms with Crippen LogP contribution in [0.4, 0.5) is 17.3 Å². The fourth-order valence-corrected chi connectivity index (χ4v) is 2.93. The van der Waals surface area contributed by atoms with Crippen molar-refractivity contribution >= 4 is 17.3 Å². The van der Waals surface area contributed by atoms with Crippen LogP contribution in [0.5, 0.6) is 0 Å². The van der Waals surface area contributed by atoms with Crippen molar-refractivity contribution in [1.29, 1.82) is 0 Å². The van der Waals surface area contributed by atoms with Crippen LogP contribution in [0.15, 0.2) is 12.1 Å². The first-order chi connectivity index (χ1) is 10.1. The molecule has 0 aliphatic heterocycles. The van der Waals surface area contributed by atoms with Crippen LogP contribution in [0.3, 0.4) is 0 Å². The maximum absolute atomic E-state index is 11.1. The van der Waals surface area contributed by atoms with Gasteiger partial charge in [-0.2, -0.15) is 0 Å². The molecule has 1 aromatic heterocycles. The zero-order valence-corrected chi connectivity index (χ0v) is 12.4. The highest BCUT2D eigenvalue weighted by Crippen LogP contribution is 2.61. The summed E-state index contributed by atoms with van der Waals surface area (Å²) >= 11 is 0. The normalized spacial score (nSPS) is 19.1.